The number of nitrogens with two attached hydrogens (primary N) is 1. The van der Waals surface area contributed by atoms with Crippen molar-refractivity contribution in [2.75, 3.05) is 19.7 Å². The molecule has 1 aliphatic carbocycles. The van der Waals surface area contributed by atoms with Crippen LogP contribution in [0.5, 0.6) is 11.5 Å². The summed E-state index contributed by atoms with van der Waals surface area (Å²) in [5.41, 5.74) is 5.40. The second kappa shape index (κ2) is 9.50. The van der Waals surface area contributed by atoms with Crippen LogP contribution in [0, 0.1) is 11.8 Å². The Labute approximate surface area is 201 Å². The number of thiazole rings is 1. The zero-order valence-corrected chi connectivity index (χ0v) is 19.8. The predicted octanol–water partition coefficient (Wildman–Crippen LogP) is 4.22. The summed E-state index contributed by atoms with van der Waals surface area (Å²) in [6.45, 7) is 4.00. The number of fused-ring (bicyclic) bond motifs is 2. The molecule has 8 nitrogen and oxygen atoms in total. The molecular formula is C25H27N3O5S. The summed E-state index contributed by atoms with van der Waals surface area (Å²) in [7, 11) is 0. The Morgan fingerprint density at radius 3 is 2.47 bits per heavy atom. The second-order valence-electron chi connectivity index (χ2n) is 8.79. The van der Waals surface area contributed by atoms with Gasteiger partial charge in [0.15, 0.2) is 0 Å². The minimum atomic E-state index is -0.586. The molecule has 2 aliphatic rings. The van der Waals surface area contributed by atoms with Crippen LogP contribution in [0.4, 0.5) is 4.79 Å². The molecule has 9 heteroatoms. The van der Waals surface area contributed by atoms with Crippen LogP contribution in [0.25, 0.3) is 10.8 Å². The molecule has 34 heavy (non-hydrogen) atoms. The summed E-state index contributed by atoms with van der Waals surface area (Å²) in [5, 5.41) is 4.37. The zero-order valence-electron chi connectivity index (χ0n) is 18.9. The average molecular weight is 482 g/mol. The van der Waals surface area contributed by atoms with E-state index < -0.39 is 5.91 Å². The molecule has 2 aromatic carbocycles. The third-order valence-electron chi connectivity index (χ3n) is 6.49. The smallest absolute Gasteiger partial charge is 0.410 e. The van der Waals surface area contributed by atoms with Crippen LogP contribution in [0.3, 0.4) is 0 Å². The molecule has 2 fully saturated rings. The van der Waals surface area contributed by atoms with E-state index in [1.165, 1.54) is 11.3 Å². The molecule has 3 aromatic rings. The van der Waals surface area contributed by atoms with Gasteiger partial charge < -0.3 is 24.8 Å². The van der Waals surface area contributed by atoms with Gasteiger partial charge in [-0.2, -0.15) is 0 Å². The fourth-order valence-corrected chi connectivity index (χ4v) is 5.61. The van der Waals surface area contributed by atoms with Crippen molar-refractivity contribution in [2.24, 2.45) is 17.6 Å². The lowest BCUT2D eigenvalue weighted by atomic mass is 10.0. The zero-order chi connectivity index (χ0) is 23.7. The van der Waals surface area contributed by atoms with E-state index in [-0.39, 0.29) is 24.5 Å². The highest BCUT2D eigenvalue weighted by Gasteiger charge is 2.43. The van der Waals surface area contributed by atoms with Gasteiger partial charge in [-0.15, -0.1) is 11.3 Å². The fraction of sp³-hybridized carbons (Fsp3) is 0.400. The topological polar surface area (TPSA) is 104 Å². The van der Waals surface area contributed by atoms with E-state index in [1.54, 1.807) is 10.3 Å². The van der Waals surface area contributed by atoms with E-state index in [2.05, 4.69) is 23.2 Å². The molecule has 1 saturated heterocycles. The Morgan fingerprint density at radius 1 is 1.09 bits per heavy atom. The lowest BCUT2D eigenvalue weighted by Crippen LogP contribution is -2.31. The number of likely N-dealkylation sites (tertiary alicyclic amines) is 1. The van der Waals surface area contributed by atoms with E-state index in [4.69, 9.17) is 19.9 Å². The number of primary amides is 1. The highest BCUT2D eigenvalue weighted by Crippen LogP contribution is 2.40. The van der Waals surface area contributed by atoms with Gasteiger partial charge in [0.2, 0.25) is 0 Å². The summed E-state index contributed by atoms with van der Waals surface area (Å²) in [4.78, 5) is 29.5. The normalized spacial score (nSPS) is 21.4. The first-order valence-corrected chi connectivity index (χ1v) is 12.4. The molecule has 0 radical (unpaired) electrons. The summed E-state index contributed by atoms with van der Waals surface area (Å²) in [6, 6.07) is 12.2. The van der Waals surface area contributed by atoms with Crippen molar-refractivity contribution < 1.29 is 23.8 Å². The van der Waals surface area contributed by atoms with E-state index in [9.17, 15) is 9.59 Å². The van der Waals surface area contributed by atoms with Gasteiger partial charge in [0, 0.05) is 18.5 Å². The minimum absolute atomic E-state index is 0.0430. The van der Waals surface area contributed by atoms with Crippen LogP contribution in [0.2, 0.25) is 0 Å². The first-order chi connectivity index (χ1) is 16.5. The number of nitrogens with zero attached hydrogens (tertiary/aromatic N) is 2. The van der Waals surface area contributed by atoms with E-state index >= 15 is 0 Å². The Kier molecular flexibility index (Phi) is 6.28. The van der Waals surface area contributed by atoms with Crippen LogP contribution in [-0.4, -0.2) is 47.7 Å². The second-order valence-corrected chi connectivity index (χ2v) is 9.73. The number of ether oxygens (including phenoxy) is 3. The van der Waals surface area contributed by atoms with Crippen molar-refractivity contribution in [1.29, 1.82) is 0 Å². The van der Waals surface area contributed by atoms with Crippen LogP contribution >= 0.6 is 11.3 Å². The molecule has 178 valence electrons. The average Bonchev–Trinajstić information content (AvgIpc) is 3.53. The Morgan fingerprint density at radius 2 is 1.79 bits per heavy atom. The van der Waals surface area contributed by atoms with E-state index in [0.717, 1.165) is 35.1 Å². The third kappa shape index (κ3) is 4.79. The van der Waals surface area contributed by atoms with Gasteiger partial charge in [-0.1, -0.05) is 12.1 Å². The predicted molar refractivity (Wildman–Crippen MR) is 128 cm³/mol. The molecule has 2 amide bonds. The SMILES string of the molecule is CCOc1ccc2ccc(O[C@@H]3C[C@@H]4CN(C(=O)OCc5nc(C(N)=O)cs5)C[C@@H]4C3)cc2c1. The van der Waals surface area contributed by atoms with Gasteiger partial charge in [0.25, 0.3) is 5.91 Å². The first-order valence-electron chi connectivity index (χ1n) is 11.5. The van der Waals surface area contributed by atoms with Crippen molar-refractivity contribution in [3.63, 3.8) is 0 Å². The quantitative estimate of drug-likeness (QED) is 0.542. The summed E-state index contributed by atoms with van der Waals surface area (Å²) in [5.74, 6) is 1.95. The van der Waals surface area contributed by atoms with E-state index in [1.807, 2.05) is 25.1 Å². The van der Waals surface area contributed by atoms with Crippen LogP contribution in [0.1, 0.15) is 35.3 Å². The molecule has 1 saturated carbocycles. The highest BCUT2D eigenvalue weighted by molar-refractivity contribution is 7.09. The number of hydrogen-bond donors (Lipinski definition) is 1. The molecular weight excluding hydrogens is 454 g/mol. The molecule has 1 aliphatic heterocycles. The number of amides is 2. The van der Waals surface area contributed by atoms with Crippen molar-refractivity contribution >= 4 is 34.1 Å². The van der Waals surface area contributed by atoms with Crippen molar-refractivity contribution in [1.82, 2.24) is 9.88 Å². The van der Waals surface area contributed by atoms with E-state index in [0.29, 0.717) is 36.5 Å². The maximum atomic E-state index is 12.5. The lowest BCUT2D eigenvalue weighted by Gasteiger charge is -2.20. The minimum Gasteiger partial charge on any atom is -0.494 e. The van der Waals surface area contributed by atoms with Gasteiger partial charge in [-0.05, 0) is 66.6 Å². The van der Waals surface area contributed by atoms with Gasteiger partial charge in [0.1, 0.15) is 28.8 Å². The standard InChI is InChI=1S/C25H27N3O5S/c1-2-31-19-5-3-15-4-6-20(8-16(15)7-19)33-21-9-17-11-28(12-18(17)10-21)25(30)32-13-23-27-22(14-34-23)24(26)29/h3-8,14,17-18,21H,2,9-13H2,1H3,(H2,26,29)/t17-,18+,21-. The molecule has 0 bridgehead atoms. The van der Waals surface area contributed by atoms with Crippen molar-refractivity contribution in [3.8, 4) is 11.5 Å². The monoisotopic (exact) mass is 481 g/mol. The number of benzene rings is 2. The summed E-state index contributed by atoms with van der Waals surface area (Å²) >= 11 is 1.25. The Hall–Kier alpha value is -3.33. The molecule has 5 rings (SSSR count). The van der Waals surface area contributed by atoms with Gasteiger partial charge in [-0.3, -0.25) is 4.79 Å². The molecule has 2 heterocycles. The largest absolute Gasteiger partial charge is 0.494 e. The van der Waals surface area contributed by atoms with Gasteiger partial charge in [-0.25, -0.2) is 9.78 Å². The first kappa shape index (κ1) is 22.5. The van der Waals surface area contributed by atoms with Crippen LogP contribution in [0.15, 0.2) is 41.8 Å². The number of hydrogen-bond acceptors (Lipinski definition) is 7. The van der Waals surface area contributed by atoms with Crippen molar-refractivity contribution in [3.05, 3.63) is 52.5 Å². The van der Waals surface area contributed by atoms with Crippen LogP contribution in [-0.2, 0) is 11.3 Å². The van der Waals surface area contributed by atoms with Crippen LogP contribution < -0.4 is 15.2 Å². The molecule has 1 aromatic heterocycles. The maximum Gasteiger partial charge on any atom is 0.410 e. The maximum absolute atomic E-state index is 12.5. The van der Waals surface area contributed by atoms with Gasteiger partial charge >= 0.3 is 6.09 Å². The number of rotatable bonds is 7. The fourth-order valence-electron chi connectivity index (χ4n) is 4.92. The third-order valence-corrected chi connectivity index (χ3v) is 7.31. The Bertz CT molecular complexity index is 1200. The molecule has 0 spiro atoms. The summed E-state index contributed by atoms with van der Waals surface area (Å²) < 4.78 is 17.3. The van der Waals surface area contributed by atoms with Crippen molar-refractivity contribution in [2.45, 2.75) is 32.5 Å². The number of carbonyl (C=O) groups excluding carboxylic acids is 2. The Balaban J connectivity index is 1.13. The molecule has 3 atom stereocenters. The summed E-state index contributed by atoms with van der Waals surface area (Å²) in [6.07, 6.45) is 1.63. The molecule has 2 N–H and O–H groups in total. The lowest BCUT2D eigenvalue weighted by molar-refractivity contribution is 0.0980. The molecule has 0 unspecified atom stereocenters. The van der Waals surface area contributed by atoms with Gasteiger partial charge in [0.05, 0.1) is 12.7 Å². The number of carbonyl (C=O) groups is 2. The number of aromatic nitrogens is 1. The highest BCUT2D eigenvalue weighted by atomic mass is 32.1.